The van der Waals surface area contributed by atoms with E-state index in [2.05, 4.69) is 110 Å². The number of rotatable bonds is 3. The summed E-state index contributed by atoms with van der Waals surface area (Å²) in [6, 6.07) is 45.7. The molecule has 6 aromatic carbocycles. The van der Waals surface area contributed by atoms with Crippen LogP contribution in [0.15, 0.2) is 133 Å². The number of benzene rings is 6. The van der Waals surface area contributed by atoms with Crippen molar-refractivity contribution in [2.45, 2.75) is 0 Å². The molecule has 0 radical (unpaired) electrons. The predicted molar refractivity (Wildman–Crippen MR) is 173 cm³/mol. The molecular weight excluding hydrogens is 512 g/mol. The fraction of sp³-hybridized carbons (Fsp3) is 0. The van der Waals surface area contributed by atoms with Gasteiger partial charge in [-0.3, -0.25) is 0 Å². The van der Waals surface area contributed by atoms with Crippen molar-refractivity contribution >= 4 is 55.0 Å². The van der Waals surface area contributed by atoms with Crippen LogP contribution in [-0.4, -0.2) is 9.13 Å². The Labute approximate surface area is 242 Å². The van der Waals surface area contributed by atoms with Gasteiger partial charge in [-0.15, -0.1) is 0 Å². The Morgan fingerprint density at radius 2 is 1.02 bits per heavy atom. The first-order valence-electron chi connectivity index (χ1n) is 13.8. The van der Waals surface area contributed by atoms with Crippen molar-refractivity contribution in [2.75, 3.05) is 0 Å². The second kappa shape index (κ2) is 9.24. The Balaban J connectivity index is 1.52. The van der Waals surface area contributed by atoms with E-state index in [4.69, 9.17) is 13.1 Å². The van der Waals surface area contributed by atoms with E-state index in [0.29, 0.717) is 11.4 Å². The first-order valence-corrected chi connectivity index (χ1v) is 13.8. The fourth-order valence-corrected chi connectivity index (χ4v) is 6.39. The average molecular weight is 535 g/mol. The molecule has 42 heavy (non-hydrogen) atoms. The van der Waals surface area contributed by atoms with E-state index >= 15 is 0 Å². The summed E-state index contributed by atoms with van der Waals surface area (Å²) in [5.41, 5.74) is 9.75. The maximum Gasteiger partial charge on any atom is 0.189 e. The van der Waals surface area contributed by atoms with Crippen molar-refractivity contribution in [1.82, 2.24) is 9.13 Å². The van der Waals surface area contributed by atoms with Crippen molar-refractivity contribution in [2.24, 2.45) is 0 Å². The van der Waals surface area contributed by atoms with Crippen LogP contribution in [-0.2, 0) is 0 Å². The highest BCUT2D eigenvalue weighted by Gasteiger charge is 2.20. The Morgan fingerprint density at radius 3 is 1.79 bits per heavy atom. The van der Waals surface area contributed by atoms with Gasteiger partial charge in [-0.2, -0.15) is 0 Å². The summed E-state index contributed by atoms with van der Waals surface area (Å²) in [6.07, 6.45) is 0. The fourth-order valence-electron chi connectivity index (χ4n) is 6.39. The molecule has 4 heteroatoms. The number of hydrogen-bond acceptors (Lipinski definition) is 0. The van der Waals surface area contributed by atoms with Crippen LogP contribution in [0.3, 0.4) is 0 Å². The average Bonchev–Trinajstić information content (AvgIpc) is 3.57. The molecule has 2 heterocycles. The number of para-hydroxylation sites is 4. The largest absolute Gasteiger partial charge is 0.310 e. The quantitative estimate of drug-likeness (QED) is 0.201. The van der Waals surface area contributed by atoms with Crippen molar-refractivity contribution in [3.63, 3.8) is 0 Å². The number of nitrogens with zero attached hydrogens (tertiary/aromatic N) is 4. The van der Waals surface area contributed by atoms with Crippen LogP contribution in [0.4, 0.5) is 11.4 Å². The third-order valence-electron chi connectivity index (χ3n) is 8.13. The van der Waals surface area contributed by atoms with Gasteiger partial charge in [0.25, 0.3) is 0 Å². The topological polar surface area (TPSA) is 18.6 Å². The second-order valence-electron chi connectivity index (χ2n) is 10.4. The zero-order valence-corrected chi connectivity index (χ0v) is 22.5. The van der Waals surface area contributed by atoms with Crippen LogP contribution >= 0.6 is 0 Å². The Morgan fingerprint density at radius 1 is 0.429 bits per heavy atom. The van der Waals surface area contributed by atoms with E-state index < -0.39 is 0 Å². The van der Waals surface area contributed by atoms with E-state index in [0.717, 1.165) is 55.3 Å². The van der Waals surface area contributed by atoms with E-state index in [1.54, 1.807) is 0 Å². The van der Waals surface area contributed by atoms with Gasteiger partial charge in [0.1, 0.15) is 0 Å². The molecule has 0 aliphatic carbocycles. The highest BCUT2D eigenvalue weighted by Crippen LogP contribution is 2.42. The molecule has 0 fully saturated rings. The lowest BCUT2D eigenvalue weighted by Gasteiger charge is -2.17. The number of fused-ring (bicyclic) bond motifs is 6. The van der Waals surface area contributed by atoms with Gasteiger partial charge in [0, 0.05) is 33.0 Å². The SMILES string of the molecule is [C-]#[N+]c1cccc(-n2c3ccc([N+]#[C-])cc3c3cccc(-c4ccccc4-n4c5ccccc5c5ccccc54)c32)c1. The smallest absolute Gasteiger partial charge is 0.189 e. The summed E-state index contributed by atoms with van der Waals surface area (Å²) in [5.74, 6) is 0. The lowest BCUT2D eigenvalue weighted by atomic mass is 9.99. The molecule has 2 aromatic heterocycles. The summed E-state index contributed by atoms with van der Waals surface area (Å²) in [5, 5.41) is 4.52. The van der Waals surface area contributed by atoms with Gasteiger partial charge in [0.15, 0.2) is 11.4 Å². The van der Waals surface area contributed by atoms with Crippen LogP contribution in [0.1, 0.15) is 0 Å². The molecule has 0 N–H and O–H groups in total. The standard InChI is InChI=1S/C38H22N4/c1-39-25-11-9-12-27(23-25)41-37-22-21-26(40-2)24-33(37)32-17-10-16-31(38(32)41)30-15-5-8-20-36(30)42-34-18-6-3-13-28(34)29-14-4-7-19-35(29)42/h3-24H. The Bertz CT molecular complexity index is 2390. The van der Waals surface area contributed by atoms with Crippen LogP contribution in [0.2, 0.25) is 0 Å². The molecule has 0 aliphatic heterocycles. The summed E-state index contributed by atoms with van der Waals surface area (Å²) in [7, 11) is 0. The number of hydrogen-bond donors (Lipinski definition) is 0. The van der Waals surface area contributed by atoms with Gasteiger partial charge < -0.3 is 9.13 Å². The highest BCUT2D eigenvalue weighted by atomic mass is 15.0. The van der Waals surface area contributed by atoms with Gasteiger partial charge in [0.05, 0.1) is 40.9 Å². The maximum atomic E-state index is 7.65. The highest BCUT2D eigenvalue weighted by molar-refractivity contribution is 6.15. The molecule has 0 saturated heterocycles. The zero-order chi connectivity index (χ0) is 28.2. The summed E-state index contributed by atoms with van der Waals surface area (Å²) in [6.45, 7) is 15.3. The van der Waals surface area contributed by atoms with Crippen LogP contribution in [0.5, 0.6) is 0 Å². The first kappa shape index (κ1) is 23.8. The minimum Gasteiger partial charge on any atom is -0.310 e. The van der Waals surface area contributed by atoms with E-state index in [-0.39, 0.29) is 0 Å². The summed E-state index contributed by atoms with van der Waals surface area (Å²) in [4.78, 5) is 7.43. The molecule has 0 spiro atoms. The molecule has 8 rings (SSSR count). The molecule has 8 aromatic rings. The summed E-state index contributed by atoms with van der Waals surface area (Å²) < 4.78 is 4.60. The third-order valence-corrected chi connectivity index (χ3v) is 8.13. The van der Waals surface area contributed by atoms with Crippen molar-refractivity contribution in [3.8, 4) is 22.5 Å². The molecule has 0 aliphatic rings. The van der Waals surface area contributed by atoms with Crippen LogP contribution < -0.4 is 0 Å². The maximum absolute atomic E-state index is 7.65. The lowest BCUT2D eigenvalue weighted by molar-refractivity contribution is 1.17. The van der Waals surface area contributed by atoms with Crippen LogP contribution in [0, 0.1) is 13.1 Å². The van der Waals surface area contributed by atoms with Gasteiger partial charge in [-0.05, 0) is 47.9 Å². The molecule has 0 amide bonds. The predicted octanol–water partition coefficient (Wildman–Crippen LogP) is 10.6. The van der Waals surface area contributed by atoms with Crippen molar-refractivity contribution in [3.05, 3.63) is 156 Å². The zero-order valence-electron chi connectivity index (χ0n) is 22.5. The van der Waals surface area contributed by atoms with E-state index in [1.807, 2.05) is 42.5 Å². The molecule has 194 valence electrons. The normalized spacial score (nSPS) is 11.3. The number of aromatic nitrogens is 2. The monoisotopic (exact) mass is 534 g/mol. The molecule has 0 unspecified atom stereocenters. The molecule has 0 atom stereocenters. The van der Waals surface area contributed by atoms with Gasteiger partial charge in [0.2, 0.25) is 0 Å². The van der Waals surface area contributed by atoms with Crippen molar-refractivity contribution in [1.29, 1.82) is 0 Å². The Hall–Kier alpha value is -6.10. The van der Waals surface area contributed by atoms with Gasteiger partial charge in [-0.1, -0.05) is 91.0 Å². The minimum atomic E-state index is 0.587. The molecule has 0 bridgehead atoms. The van der Waals surface area contributed by atoms with E-state index in [9.17, 15) is 0 Å². The van der Waals surface area contributed by atoms with Gasteiger partial charge >= 0.3 is 0 Å². The van der Waals surface area contributed by atoms with Gasteiger partial charge in [-0.25, -0.2) is 9.69 Å². The minimum absolute atomic E-state index is 0.587. The molecular formula is C38H22N4. The second-order valence-corrected chi connectivity index (χ2v) is 10.4. The lowest BCUT2D eigenvalue weighted by Crippen LogP contribution is -1.99. The van der Waals surface area contributed by atoms with Crippen molar-refractivity contribution < 1.29 is 0 Å². The molecule has 4 nitrogen and oxygen atoms in total. The van der Waals surface area contributed by atoms with E-state index in [1.165, 1.54) is 10.8 Å². The third kappa shape index (κ3) is 3.40. The van der Waals surface area contributed by atoms with Crippen LogP contribution in [0.25, 0.3) is 75.8 Å². The first-order chi connectivity index (χ1) is 20.8. The molecule has 0 saturated carbocycles. The summed E-state index contributed by atoms with van der Waals surface area (Å²) >= 11 is 0. The Kier molecular flexibility index (Phi) is 5.22.